The van der Waals surface area contributed by atoms with E-state index in [2.05, 4.69) is 10.6 Å². The minimum Gasteiger partial charge on any atom is -0.460 e. The average molecular weight is 318 g/mol. The van der Waals surface area contributed by atoms with Gasteiger partial charge < -0.3 is 10.1 Å². The highest BCUT2D eigenvalue weighted by Gasteiger charge is 2.26. The van der Waals surface area contributed by atoms with Gasteiger partial charge >= 0.3 is 5.97 Å². The van der Waals surface area contributed by atoms with Crippen molar-refractivity contribution in [1.29, 1.82) is 0 Å². The lowest BCUT2D eigenvalue weighted by molar-refractivity contribution is -0.154. The number of anilines is 1. The topological polar surface area (TPSA) is 84.5 Å². The summed E-state index contributed by atoms with van der Waals surface area (Å²) in [7, 11) is 0. The van der Waals surface area contributed by atoms with Gasteiger partial charge in [-0.2, -0.15) is 0 Å². The van der Waals surface area contributed by atoms with E-state index >= 15 is 0 Å². The first kappa shape index (κ1) is 17.0. The maximum Gasteiger partial charge on any atom is 0.310 e. The molecular formula is C17H22N2O4. The van der Waals surface area contributed by atoms with Gasteiger partial charge in [-0.3, -0.25) is 19.7 Å². The Bertz CT molecular complexity index is 602. The molecule has 1 aromatic carbocycles. The van der Waals surface area contributed by atoms with Crippen LogP contribution in [0.4, 0.5) is 5.69 Å². The first-order valence-electron chi connectivity index (χ1n) is 7.64. The van der Waals surface area contributed by atoms with Gasteiger partial charge in [-0.1, -0.05) is 12.1 Å². The van der Waals surface area contributed by atoms with Crippen molar-refractivity contribution >= 4 is 23.5 Å². The van der Waals surface area contributed by atoms with Crippen molar-refractivity contribution < 1.29 is 19.1 Å². The number of rotatable bonds is 4. The molecule has 124 valence electrons. The Labute approximate surface area is 135 Å². The van der Waals surface area contributed by atoms with Crippen LogP contribution >= 0.6 is 0 Å². The van der Waals surface area contributed by atoms with Crippen molar-refractivity contribution in [3.63, 3.8) is 0 Å². The lowest BCUT2D eigenvalue weighted by atomic mass is 10.1. The third kappa shape index (κ3) is 5.39. The molecule has 1 unspecified atom stereocenters. The van der Waals surface area contributed by atoms with E-state index in [-0.39, 0.29) is 24.2 Å². The normalized spacial score (nSPS) is 18.3. The van der Waals surface area contributed by atoms with E-state index in [1.54, 1.807) is 0 Å². The molecule has 0 aromatic heterocycles. The summed E-state index contributed by atoms with van der Waals surface area (Å²) in [5.74, 6) is -0.816. The van der Waals surface area contributed by atoms with Crippen LogP contribution in [-0.4, -0.2) is 29.4 Å². The summed E-state index contributed by atoms with van der Waals surface area (Å²) in [6.45, 7) is 5.49. The molecule has 0 aliphatic carbocycles. The number of carbonyl (C=O) groups is 3. The van der Waals surface area contributed by atoms with Crippen molar-refractivity contribution in [3.05, 3.63) is 29.8 Å². The number of imide groups is 1. The number of esters is 1. The Morgan fingerprint density at radius 2 is 1.91 bits per heavy atom. The van der Waals surface area contributed by atoms with E-state index < -0.39 is 11.6 Å². The van der Waals surface area contributed by atoms with Crippen molar-refractivity contribution in [2.75, 3.05) is 5.32 Å². The van der Waals surface area contributed by atoms with Crippen molar-refractivity contribution in [2.24, 2.45) is 0 Å². The van der Waals surface area contributed by atoms with Crippen LogP contribution in [0.25, 0.3) is 0 Å². The maximum absolute atomic E-state index is 11.8. The minimum atomic E-state index is -0.496. The van der Waals surface area contributed by atoms with Crippen LogP contribution in [0.3, 0.4) is 0 Å². The summed E-state index contributed by atoms with van der Waals surface area (Å²) in [6.07, 6.45) is 1.01. The fourth-order valence-corrected chi connectivity index (χ4v) is 2.30. The summed E-state index contributed by atoms with van der Waals surface area (Å²) in [5.41, 5.74) is 1.12. The molecule has 1 saturated heterocycles. The first-order valence-corrected chi connectivity index (χ1v) is 7.64. The Morgan fingerprint density at radius 1 is 1.26 bits per heavy atom. The quantitative estimate of drug-likeness (QED) is 0.653. The Balaban J connectivity index is 1.91. The molecule has 0 saturated carbocycles. The van der Waals surface area contributed by atoms with Crippen LogP contribution in [0.2, 0.25) is 0 Å². The van der Waals surface area contributed by atoms with Gasteiger partial charge in [0.2, 0.25) is 11.8 Å². The molecule has 1 fully saturated rings. The second kappa shape index (κ2) is 6.81. The van der Waals surface area contributed by atoms with Crippen LogP contribution < -0.4 is 10.6 Å². The lowest BCUT2D eigenvalue weighted by Gasteiger charge is -2.23. The summed E-state index contributed by atoms with van der Waals surface area (Å²) in [4.78, 5) is 34.6. The van der Waals surface area contributed by atoms with Gasteiger partial charge in [0.05, 0.1) is 6.42 Å². The predicted molar refractivity (Wildman–Crippen MR) is 85.8 cm³/mol. The number of hydrogen-bond donors (Lipinski definition) is 2. The molecule has 2 N–H and O–H groups in total. The summed E-state index contributed by atoms with van der Waals surface area (Å²) in [5, 5.41) is 5.40. The zero-order chi connectivity index (χ0) is 17.0. The zero-order valence-electron chi connectivity index (χ0n) is 13.6. The van der Waals surface area contributed by atoms with Crippen molar-refractivity contribution in [2.45, 2.75) is 51.7 Å². The highest BCUT2D eigenvalue weighted by Crippen LogP contribution is 2.16. The number of nitrogens with one attached hydrogen (secondary N) is 2. The van der Waals surface area contributed by atoms with Gasteiger partial charge in [0.15, 0.2) is 0 Å². The third-order valence-corrected chi connectivity index (χ3v) is 3.30. The van der Waals surface area contributed by atoms with Gasteiger partial charge in [0, 0.05) is 12.1 Å². The number of piperidine rings is 1. The van der Waals surface area contributed by atoms with Crippen LogP contribution in [-0.2, 0) is 25.5 Å². The molecular weight excluding hydrogens is 296 g/mol. The van der Waals surface area contributed by atoms with E-state index in [0.29, 0.717) is 12.8 Å². The van der Waals surface area contributed by atoms with E-state index in [0.717, 1.165) is 11.3 Å². The van der Waals surface area contributed by atoms with Gasteiger partial charge in [0.25, 0.3) is 0 Å². The Hall–Kier alpha value is -2.37. The summed E-state index contributed by atoms with van der Waals surface area (Å²) >= 11 is 0. The SMILES string of the molecule is CC(C)(C)OC(=O)Cc1ccc(NC2CCC(=O)NC2=O)cc1. The van der Waals surface area contributed by atoms with Crippen LogP contribution in [0.15, 0.2) is 24.3 Å². The lowest BCUT2D eigenvalue weighted by Crippen LogP contribution is -2.47. The smallest absolute Gasteiger partial charge is 0.310 e. The molecule has 1 aliphatic heterocycles. The molecule has 6 heteroatoms. The number of carbonyl (C=O) groups excluding carboxylic acids is 3. The monoisotopic (exact) mass is 318 g/mol. The van der Waals surface area contributed by atoms with Crippen molar-refractivity contribution in [1.82, 2.24) is 5.32 Å². The number of hydrogen-bond acceptors (Lipinski definition) is 5. The molecule has 23 heavy (non-hydrogen) atoms. The molecule has 1 heterocycles. The maximum atomic E-state index is 11.8. The minimum absolute atomic E-state index is 0.204. The van der Waals surface area contributed by atoms with E-state index in [1.165, 1.54) is 0 Å². The Morgan fingerprint density at radius 3 is 2.48 bits per heavy atom. The van der Waals surface area contributed by atoms with Crippen LogP contribution in [0.1, 0.15) is 39.2 Å². The zero-order valence-corrected chi connectivity index (χ0v) is 13.6. The largest absolute Gasteiger partial charge is 0.460 e. The molecule has 1 atom stereocenters. The number of benzene rings is 1. The highest BCUT2D eigenvalue weighted by molar-refractivity contribution is 6.01. The molecule has 0 radical (unpaired) electrons. The second-order valence-electron chi connectivity index (χ2n) is 6.61. The van der Waals surface area contributed by atoms with Gasteiger partial charge in [-0.05, 0) is 44.9 Å². The second-order valence-corrected chi connectivity index (χ2v) is 6.61. The van der Waals surface area contributed by atoms with Gasteiger partial charge in [-0.15, -0.1) is 0 Å². The molecule has 2 rings (SSSR count). The highest BCUT2D eigenvalue weighted by atomic mass is 16.6. The van der Waals surface area contributed by atoms with Crippen LogP contribution in [0, 0.1) is 0 Å². The Kier molecular flexibility index (Phi) is 5.03. The average Bonchev–Trinajstić information content (AvgIpc) is 2.42. The molecule has 2 amide bonds. The summed E-state index contributed by atoms with van der Waals surface area (Å²) < 4.78 is 5.28. The fourth-order valence-electron chi connectivity index (χ4n) is 2.30. The molecule has 6 nitrogen and oxygen atoms in total. The number of amides is 2. The summed E-state index contributed by atoms with van der Waals surface area (Å²) in [6, 6.07) is 6.84. The third-order valence-electron chi connectivity index (χ3n) is 3.30. The molecule has 0 spiro atoms. The van der Waals surface area contributed by atoms with E-state index in [9.17, 15) is 14.4 Å². The first-order chi connectivity index (χ1) is 10.7. The van der Waals surface area contributed by atoms with E-state index in [1.807, 2.05) is 45.0 Å². The van der Waals surface area contributed by atoms with Gasteiger partial charge in [-0.25, -0.2) is 0 Å². The fraction of sp³-hybridized carbons (Fsp3) is 0.471. The van der Waals surface area contributed by atoms with Crippen molar-refractivity contribution in [3.8, 4) is 0 Å². The standard InChI is InChI=1S/C17H22N2O4/c1-17(2,3)23-15(21)10-11-4-6-12(7-5-11)18-13-8-9-14(20)19-16(13)22/h4-7,13,18H,8-10H2,1-3H3,(H,19,20,22). The van der Waals surface area contributed by atoms with Gasteiger partial charge in [0.1, 0.15) is 11.6 Å². The number of ether oxygens (including phenoxy) is 1. The van der Waals surface area contributed by atoms with E-state index in [4.69, 9.17) is 4.74 Å². The molecule has 1 aliphatic rings. The van der Waals surface area contributed by atoms with Crippen LogP contribution in [0.5, 0.6) is 0 Å². The molecule has 1 aromatic rings. The molecule has 0 bridgehead atoms. The predicted octanol–water partition coefficient (Wildman–Crippen LogP) is 1.79.